The Labute approximate surface area is 179 Å². The molecule has 2 rings (SSSR count). The van der Waals surface area contributed by atoms with Gasteiger partial charge in [0, 0.05) is 0 Å². The normalized spacial score (nSPS) is 14.1. The molecule has 1 N–H and O–H groups in total. The Hall–Kier alpha value is -2.38. The Bertz CT molecular complexity index is 973. The van der Waals surface area contributed by atoms with E-state index in [-0.39, 0.29) is 28.1 Å². The molecule has 30 heavy (non-hydrogen) atoms. The summed E-state index contributed by atoms with van der Waals surface area (Å²) in [7, 11) is -4.29. The third-order valence-corrected chi connectivity index (χ3v) is 5.81. The first-order valence-electron chi connectivity index (χ1n) is 9.84. The molecule has 0 heterocycles. The Kier molecular flexibility index (Phi) is 7.31. The van der Waals surface area contributed by atoms with Crippen molar-refractivity contribution in [3.63, 3.8) is 0 Å². The van der Waals surface area contributed by atoms with Gasteiger partial charge in [0.1, 0.15) is 11.5 Å². The number of benzene rings is 2. The maximum atomic E-state index is 12.1. The fourth-order valence-corrected chi connectivity index (χ4v) is 4.03. The lowest BCUT2D eigenvalue weighted by Gasteiger charge is -2.35. The van der Waals surface area contributed by atoms with Crippen LogP contribution in [0.25, 0.3) is 0 Å². The first-order valence-corrected chi connectivity index (χ1v) is 11.3. The van der Waals surface area contributed by atoms with E-state index in [2.05, 4.69) is 40.7 Å². The molecule has 0 bridgehead atoms. The lowest BCUT2D eigenvalue weighted by atomic mass is 9.69. The van der Waals surface area contributed by atoms with Gasteiger partial charge in [-0.1, -0.05) is 46.8 Å². The van der Waals surface area contributed by atoms with Crippen molar-refractivity contribution in [1.29, 1.82) is 0 Å². The number of hydrogen-bond donors (Lipinski definition) is 1. The summed E-state index contributed by atoms with van der Waals surface area (Å²) in [4.78, 5) is 11.8. The lowest BCUT2D eigenvalue weighted by molar-refractivity contribution is -0.136. The van der Waals surface area contributed by atoms with Gasteiger partial charge in [-0.05, 0) is 65.6 Å². The third kappa shape index (κ3) is 6.85. The zero-order valence-electron chi connectivity index (χ0n) is 18.1. The highest BCUT2D eigenvalue weighted by atomic mass is 32.2. The van der Waals surface area contributed by atoms with Gasteiger partial charge in [-0.3, -0.25) is 4.55 Å². The largest absolute Gasteiger partial charge is 0.482 e. The molecule has 0 spiro atoms. The van der Waals surface area contributed by atoms with Gasteiger partial charge in [0.25, 0.3) is 10.1 Å². The summed E-state index contributed by atoms with van der Waals surface area (Å²) in [6.07, 6.45) is 2.00. The van der Waals surface area contributed by atoms with Crippen molar-refractivity contribution in [2.24, 2.45) is 5.41 Å². The molecule has 0 aliphatic heterocycles. The maximum Gasteiger partial charge on any atom is 0.349 e. The van der Waals surface area contributed by atoms with E-state index in [1.54, 1.807) is 6.07 Å². The number of carbonyl (C=O) groups is 1. The van der Waals surface area contributed by atoms with E-state index in [4.69, 9.17) is 14.0 Å². The summed E-state index contributed by atoms with van der Waals surface area (Å²) in [6.45, 7) is 10.8. The van der Waals surface area contributed by atoms with Crippen molar-refractivity contribution in [2.45, 2.75) is 57.8 Å². The monoisotopic (exact) mass is 434 g/mol. The molecule has 164 valence electrons. The van der Waals surface area contributed by atoms with Gasteiger partial charge in [-0.15, -0.1) is 0 Å². The van der Waals surface area contributed by atoms with E-state index in [9.17, 15) is 13.2 Å². The molecule has 0 aromatic heterocycles. The molecule has 0 aliphatic carbocycles. The molecule has 0 aliphatic rings. The molecule has 2 aromatic carbocycles. The first kappa shape index (κ1) is 23.9. The van der Waals surface area contributed by atoms with Crippen LogP contribution in [0.1, 0.15) is 53.0 Å². The molecule has 7 heteroatoms. The van der Waals surface area contributed by atoms with Crippen molar-refractivity contribution in [1.82, 2.24) is 0 Å². The molecule has 1 atom stereocenters. The van der Waals surface area contributed by atoms with Gasteiger partial charge in [0.05, 0.1) is 4.90 Å². The zero-order valence-corrected chi connectivity index (χ0v) is 19.0. The van der Waals surface area contributed by atoms with Gasteiger partial charge >= 0.3 is 5.97 Å². The van der Waals surface area contributed by atoms with E-state index < -0.39 is 16.1 Å². The SMILES string of the molecule is CCC(C)(CC(C)(C)C)c1cccc(OCC(=O)Oc2ccc(S(=O)(=O)O)cc2)c1. The van der Waals surface area contributed by atoms with E-state index in [0.29, 0.717) is 5.75 Å². The second kappa shape index (κ2) is 9.18. The Morgan fingerprint density at radius 3 is 2.17 bits per heavy atom. The Morgan fingerprint density at radius 2 is 1.63 bits per heavy atom. The fourth-order valence-electron chi connectivity index (χ4n) is 3.55. The van der Waals surface area contributed by atoms with Crippen molar-refractivity contribution < 1.29 is 27.2 Å². The predicted octanol–water partition coefficient (Wildman–Crippen LogP) is 5.02. The first-order chi connectivity index (χ1) is 13.8. The molecular weight excluding hydrogens is 404 g/mol. The fraction of sp³-hybridized carbons (Fsp3) is 0.435. The van der Waals surface area contributed by atoms with Gasteiger partial charge in [0.2, 0.25) is 0 Å². The predicted molar refractivity (Wildman–Crippen MR) is 116 cm³/mol. The number of esters is 1. The average molecular weight is 435 g/mol. The van der Waals surface area contributed by atoms with Gasteiger partial charge in [-0.2, -0.15) is 8.42 Å². The van der Waals surface area contributed by atoms with Crippen molar-refractivity contribution in [3.05, 3.63) is 54.1 Å². The Balaban J connectivity index is 2.02. The molecule has 6 nitrogen and oxygen atoms in total. The number of rotatable bonds is 8. The molecule has 0 radical (unpaired) electrons. The van der Waals surface area contributed by atoms with Crippen molar-refractivity contribution >= 4 is 16.1 Å². The molecular formula is C23H30O6S. The third-order valence-electron chi connectivity index (χ3n) is 4.94. The van der Waals surface area contributed by atoms with Crippen LogP contribution < -0.4 is 9.47 Å². The lowest BCUT2D eigenvalue weighted by Crippen LogP contribution is -2.27. The summed E-state index contributed by atoms with van der Waals surface area (Å²) < 4.78 is 41.8. The standard InChI is InChI=1S/C23H30O6S/c1-6-23(5,16-22(2,3)4)17-8-7-9-19(14-17)28-15-21(24)29-18-10-12-20(13-11-18)30(25,26)27/h7-14H,6,15-16H2,1-5H3,(H,25,26,27). The minimum absolute atomic E-state index is 0.00703. The molecule has 0 fully saturated rings. The quantitative estimate of drug-likeness (QED) is 0.356. The highest BCUT2D eigenvalue weighted by molar-refractivity contribution is 7.85. The summed E-state index contributed by atoms with van der Waals surface area (Å²) in [6, 6.07) is 12.7. The van der Waals surface area contributed by atoms with Crippen LogP contribution in [0.4, 0.5) is 0 Å². The van der Waals surface area contributed by atoms with Crippen LogP contribution in [0.5, 0.6) is 11.5 Å². The second-order valence-corrected chi connectivity index (χ2v) is 10.3. The van der Waals surface area contributed by atoms with E-state index in [1.807, 2.05) is 12.1 Å². The topological polar surface area (TPSA) is 89.9 Å². The second-order valence-electron chi connectivity index (χ2n) is 8.89. The molecule has 0 saturated heterocycles. The van der Waals surface area contributed by atoms with Crippen LogP contribution in [0.2, 0.25) is 0 Å². The maximum absolute atomic E-state index is 12.1. The number of ether oxygens (including phenoxy) is 2. The molecule has 1 unspecified atom stereocenters. The smallest absolute Gasteiger partial charge is 0.349 e. The molecule has 0 saturated carbocycles. The number of hydrogen-bond acceptors (Lipinski definition) is 5. The minimum atomic E-state index is -4.29. The van der Waals surface area contributed by atoms with Crippen molar-refractivity contribution in [2.75, 3.05) is 6.61 Å². The van der Waals surface area contributed by atoms with E-state index in [0.717, 1.165) is 30.5 Å². The van der Waals surface area contributed by atoms with Crippen LogP contribution in [0.3, 0.4) is 0 Å². The average Bonchev–Trinajstić information content (AvgIpc) is 2.65. The van der Waals surface area contributed by atoms with Crippen LogP contribution in [0.15, 0.2) is 53.4 Å². The van der Waals surface area contributed by atoms with Gasteiger partial charge < -0.3 is 9.47 Å². The summed E-state index contributed by atoms with van der Waals surface area (Å²) in [5, 5.41) is 0. The van der Waals surface area contributed by atoms with E-state index >= 15 is 0 Å². The van der Waals surface area contributed by atoms with Crippen LogP contribution >= 0.6 is 0 Å². The number of carbonyl (C=O) groups excluding carboxylic acids is 1. The van der Waals surface area contributed by atoms with Gasteiger partial charge in [0.15, 0.2) is 6.61 Å². The summed E-state index contributed by atoms with van der Waals surface area (Å²) in [5.41, 5.74) is 1.33. The van der Waals surface area contributed by atoms with Crippen LogP contribution in [-0.2, 0) is 20.3 Å². The van der Waals surface area contributed by atoms with Crippen molar-refractivity contribution in [3.8, 4) is 11.5 Å². The zero-order chi connectivity index (χ0) is 22.6. The highest BCUT2D eigenvalue weighted by Gasteiger charge is 2.30. The highest BCUT2D eigenvalue weighted by Crippen LogP contribution is 2.40. The van der Waals surface area contributed by atoms with Crippen LogP contribution in [-0.4, -0.2) is 25.5 Å². The van der Waals surface area contributed by atoms with Crippen LogP contribution in [0, 0.1) is 5.41 Å². The van der Waals surface area contributed by atoms with E-state index in [1.165, 1.54) is 12.1 Å². The summed E-state index contributed by atoms with van der Waals surface area (Å²) >= 11 is 0. The molecule has 2 aromatic rings. The minimum Gasteiger partial charge on any atom is -0.482 e. The molecule has 0 amide bonds. The van der Waals surface area contributed by atoms with Gasteiger partial charge in [-0.25, -0.2) is 4.79 Å². The summed E-state index contributed by atoms with van der Waals surface area (Å²) in [5.74, 6) is 0.126. The Morgan fingerprint density at radius 1 is 1.00 bits per heavy atom.